The van der Waals surface area contributed by atoms with Crippen LogP contribution in [-0.2, 0) is 16.6 Å². The summed E-state index contributed by atoms with van der Waals surface area (Å²) in [5.41, 5.74) is 4.72. The van der Waals surface area contributed by atoms with Crippen LogP contribution in [0.3, 0.4) is 0 Å². The molecule has 0 aromatic heterocycles. The van der Waals surface area contributed by atoms with Crippen molar-refractivity contribution in [1.29, 1.82) is 0 Å². The van der Waals surface area contributed by atoms with Gasteiger partial charge in [-0.1, -0.05) is 0 Å². The molecule has 0 spiro atoms. The number of benzene rings is 1. The maximum Gasteiger partial charge on any atom is 0.229 e. The summed E-state index contributed by atoms with van der Waals surface area (Å²) >= 11 is 0. The molecule has 84 valence electrons. The van der Waals surface area contributed by atoms with E-state index < -0.39 is 27.3 Å². The zero-order valence-electron chi connectivity index (χ0n) is 7.92. The lowest BCUT2D eigenvalue weighted by molar-refractivity contribution is 0.587. The fourth-order valence-electron chi connectivity index (χ4n) is 1.02. The second-order valence-electron chi connectivity index (χ2n) is 3.00. The number of halogens is 2. The minimum Gasteiger partial charge on any atom is -0.326 e. The molecule has 0 atom stereocenters. The number of nitrogens with one attached hydrogen (secondary N) is 1. The zero-order chi connectivity index (χ0) is 11.6. The summed E-state index contributed by atoms with van der Waals surface area (Å²) in [7, 11) is -3.62. The summed E-state index contributed by atoms with van der Waals surface area (Å²) in [6, 6.07) is 1.63. The summed E-state index contributed by atoms with van der Waals surface area (Å²) in [5, 5.41) is 0. The molecule has 0 saturated carbocycles. The molecule has 0 radical (unpaired) electrons. The molecule has 0 bridgehead atoms. The molecule has 3 N–H and O–H groups in total. The average Bonchev–Trinajstić information content (AvgIpc) is 2.08. The van der Waals surface area contributed by atoms with Gasteiger partial charge >= 0.3 is 0 Å². The van der Waals surface area contributed by atoms with Gasteiger partial charge in [0.2, 0.25) is 10.0 Å². The molecule has 1 rings (SSSR count). The van der Waals surface area contributed by atoms with Crippen molar-refractivity contribution in [2.24, 2.45) is 5.73 Å². The van der Waals surface area contributed by atoms with Gasteiger partial charge in [0, 0.05) is 18.2 Å². The van der Waals surface area contributed by atoms with Gasteiger partial charge < -0.3 is 5.73 Å². The van der Waals surface area contributed by atoms with Crippen molar-refractivity contribution < 1.29 is 17.2 Å². The van der Waals surface area contributed by atoms with Gasteiger partial charge in [0.25, 0.3) is 0 Å². The quantitative estimate of drug-likeness (QED) is 0.815. The molecule has 1 aromatic rings. The lowest BCUT2D eigenvalue weighted by Gasteiger charge is -2.07. The van der Waals surface area contributed by atoms with Crippen LogP contribution in [0.25, 0.3) is 0 Å². The summed E-state index contributed by atoms with van der Waals surface area (Å²) in [6.45, 7) is -0.151. The smallest absolute Gasteiger partial charge is 0.229 e. The third-order valence-corrected chi connectivity index (χ3v) is 2.24. The molecule has 0 heterocycles. The fourth-order valence-corrected chi connectivity index (χ4v) is 1.58. The molecule has 4 nitrogen and oxygen atoms in total. The van der Waals surface area contributed by atoms with E-state index in [9.17, 15) is 17.2 Å². The van der Waals surface area contributed by atoms with Gasteiger partial charge in [-0.3, -0.25) is 4.72 Å². The number of anilines is 1. The second-order valence-corrected chi connectivity index (χ2v) is 4.75. The highest BCUT2D eigenvalue weighted by Gasteiger charge is 2.11. The van der Waals surface area contributed by atoms with E-state index >= 15 is 0 Å². The Morgan fingerprint density at radius 1 is 1.33 bits per heavy atom. The number of sulfonamides is 1. The highest BCUT2D eigenvalue weighted by Crippen LogP contribution is 2.19. The van der Waals surface area contributed by atoms with Crippen LogP contribution < -0.4 is 10.5 Å². The zero-order valence-corrected chi connectivity index (χ0v) is 8.74. The molecule has 7 heteroatoms. The molecule has 0 aliphatic carbocycles. The van der Waals surface area contributed by atoms with Crippen LogP contribution in [0.2, 0.25) is 0 Å². The lowest BCUT2D eigenvalue weighted by Crippen LogP contribution is -2.12. The molecular weight excluding hydrogens is 226 g/mol. The first kappa shape index (κ1) is 11.9. The molecule has 1 aromatic carbocycles. The van der Waals surface area contributed by atoms with Crippen molar-refractivity contribution in [3.05, 3.63) is 29.3 Å². The first-order valence-corrected chi connectivity index (χ1v) is 5.88. The summed E-state index contributed by atoms with van der Waals surface area (Å²) < 4.78 is 49.8. The van der Waals surface area contributed by atoms with Crippen LogP contribution in [0.15, 0.2) is 12.1 Å². The van der Waals surface area contributed by atoms with Crippen molar-refractivity contribution in [2.75, 3.05) is 11.0 Å². The molecule has 0 aliphatic heterocycles. The minimum absolute atomic E-state index is 0.00782. The molecule has 0 unspecified atom stereocenters. The van der Waals surface area contributed by atoms with Gasteiger partial charge in [-0.15, -0.1) is 0 Å². The van der Waals surface area contributed by atoms with Gasteiger partial charge in [0.1, 0.15) is 11.6 Å². The van der Waals surface area contributed by atoms with Crippen LogP contribution in [0.4, 0.5) is 14.5 Å². The monoisotopic (exact) mass is 236 g/mol. The molecular formula is C8H10F2N2O2S. The van der Waals surface area contributed by atoms with Gasteiger partial charge in [-0.05, 0) is 6.07 Å². The largest absolute Gasteiger partial charge is 0.326 e. The average molecular weight is 236 g/mol. The predicted molar refractivity (Wildman–Crippen MR) is 52.7 cm³/mol. The SMILES string of the molecule is CS(=O)(=O)Nc1cc(F)c(CN)cc1F. The van der Waals surface area contributed by atoms with E-state index in [1.807, 2.05) is 4.72 Å². The predicted octanol–water partition coefficient (Wildman–Crippen LogP) is 0.795. The Hall–Kier alpha value is -1.21. The van der Waals surface area contributed by atoms with Crippen molar-refractivity contribution in [1.82, 2.24) is 0 Å². The summed E-state index contributed by atoms with van der Waals surface area (Å²) in [4.78, 5) is 0. The number of hydrogen-bond acceptors (Lipinski definition) is 3. The van der Waals surface area contributed by atoms with Crippen molar-refractivity contribution >= 4 is 15.7 Å². The molecule has 0 saturated heterocycles. The number of nitrogens with two attached hydrogens (primary N) is 1. The van der Waals surface area contributed by atoms with Crippen LogP contribution in [0, 0.1) is 11.6 Å². The van der Waals surface area contributed by atoms with Crippen LogP contribution in [0.5, 0.6) is 0 Å². The number of rotatable bonds is 3. The third-order valence-electron chi connectivity index (χ3n) is 1.65. The van der Waals surface area contributed by atoms with E-state index in [2.05, 4.69) is 0 Å². The van der Waals surface area contributed by atoms with E-state index in [-0.39, 0.29) is 12.1 Å². The van der Waals surface area contributed by atoms with Crippen LogP contribution in [0.1, 0.15) is 5.56 Å². The molecule has 0 aliphatic rings. The van der Waals surface area contributed by atoms with E-state index in [0.29, 0.717) is 0 Å². The molecule has 0 amide bonds. The second kappa shape index (κ2) is 4.11. The Labute approximate surface area is 86.1 Å². The highest BCUT2D eigenvalue weighted by atomic mass is 32.2. The summed E-state index contributed by atoms with van der Waals surface area (Å²) in [5.74, 6) is -1.60. The Morgan fingerprint density at radius 3 is 2.40 bits per heavy atom. The van der Waals surface area contributed by atoms with E-state index in [1.165, 1.54) is 0 Å². The van der Waals surface area contributed by atoms with Gasteiger partial charge in [0.15, 0.2) is 0 Å². The maximum absolute atomic E-state index is 13.2. The first-order chi connectivity index (χ1) is 6.83. The summed E-state index contributed by atoms with van der Waals surface area (Å²) in [6.07, 6.45) is 0.848. The van der Waals surface area contributed by atoms with Crippen molar-refractivity contribution in [2.45, 2.75) is 6.54 Å². The third kappa shape index (κ3) is 3.14. The Bertz CT molecular complexity index is 474. The molecule has 0 fully saturated rings. The first-order valence-electron chi connectivity index (χ1n) is 3.99. The van der Waals surface area contributed by atoms with Crippen molar-refractivity contribution in [3.63, 3.8) is 0 Å². The minimum atomic E-state index is -3.62. The van der Waals surface area contributed by atoms with Gasteiger partial charge in [-0.25, -0.2) is 17.2 Å². The van der Waals surface area contributed by atoms with Crippen LogP contribution in [-0.4, -0.2) is 14.7 Å². The Balaban J connectivity index is 3.17. The fraction of sp³-hybridized carbons (Fsp3) is 0.250. The topological polar surface area (TPSA) is 72.2 Å². The highest BCUT2D eigenvalue weighted by molar-refractivity contribution is 7.92. The van der Waals surface area contributed by atoms with E-state index in [1.54, 1.807) is 0 Å². The normalized spacial score (nSPS) is 11.5. The standard InChI is InChI=1S/C8H10F2N2O2S/c1-15(13,14)12-8-3-6(9)5(4-11)2-7(8)10/h2-3,12H,4,11H2,1H3. The number of hydrogen-bond donors (Lipinski definition) is 2. The lowest BCUT2D eigenvalue weighted by atomic mass is 10.2. The van der Waals surface area contributed by atoms with E-state index in [4.69, 9.17) is 5.73 Å². The van der Waals surface area contributed by atoms with Crippen molar-refractivity contribution in [3.8, 4) is 0 Å². The van der Waals surface area contributed by atoms with Crippen LogP contribution >= 0.6 is 0 Å². The van der Waals surface area contributed by atoms with Gasteiger partial charge in [0.05, 0.1) is 11.9 Å². The Kier molecular flexibility index (Phi) is 3.25. The molecule has 15 heavy (non-hydrogen) atoms. The van der Waals surface area contributed by atoms with E-state index in [0.717, 1.165) is 18.4 Å². The Morgan fingerprint density at radius 2 is 1.93 bits per heavy atom. The van der Waals surface area contributed by atoms with Gasteiger partial charge in [-0.2, -0.15) is 0 Å². The maximum atomic E-state index is 13.2.